The average Bonchev–Trinajstić information content (AvgIpc) is 2.85. The fraction of sp³-hybridized carbons (Fsp3) is 0.188. The van der Waals surface area contributed by atoms with Crippen molar-refractivity contribution in [3.63, 3.8) is 0 Å². The van der Waals surface area contributed by atoms with Gasteiger partial charge >= 0.3 is 0 Å². The van der Waals surface area contributed by atoms with E-state index in [0.717, 1.165) is 22.5 Å². The summed E-state index contributed by atoms with van der Waals surface area (Å²) in [4.78, 5) is 4.69. The van der Waals surface area contributed by atoms with Crippen molar-refractivity contribution in [1.29, 1.82) is 0 Å². The maximum atomic E-state index is 6.22. The van der Waals surface area contributed by atoms with Gasteiger partial charge in [0.2, 0.25) is 0 Å². The topological polar surface area (TPSA) is 39.1 Å². The fourth-order valence-corrected chi connectivity index (χ4v) is 2.97. The Hall–Kier alpha value is -2.20. The van der Waals surface area contributed by atoms with Crippen LogP contribution < -0.4 is 10.1 Å². The van der Waals surface area contributed by atoms with Crippen molar-refractivity contribution in [3.05, 3.63) is 53.3 Å². The zero-order valence-corrected chi connectivity index (χ0v) is 12.3. The molecule has 0 aliphatic carbocycles. The minimum atomic E-state index is -0.158. The molecule has 1 aliphatic rings. The molecule has 1 aromatic heterocycles. The van der Waals surface area contributed by atoms with Gasteiger partial charge in [-0.3, -0.25) is 0 Å². The zero-order chi connectivity index (χ0) is 14.4. The SMILES string of the molecule is Cn1c(C2CNc3cccc(Cl)c3O2)nc2ccccc21. The monoisotopic (exact) mass is 299 g/mol. The number of aryl methyl sites for hydroxylation is 1. The summed E-state index contributed by atoms with van der Waals surface area (Å²) in [6.45, 7) is 0.671. The second-order valence-electron chi connectivity index (χ2n) is 5.12. The maximum absolute atomic E-state index is 6.22. The summed E-state index contributed by atoms with van der Waals surface area (Å²) in [5.41, 5.74) is 3.00. The number of aromatic nitrogens is 2. The van der Waals surface area contributed by atoms with Crippen molar-refractivity contribution >= 4 is 28.3 Å². The van der Waals surface area contributed by atoms with Gasteiger partial charge in [-0.2, -0.15) is 0 Å². The van der Waals surface area contributed by atoms with E-state index in [2.05, 4.69) is 16.0 Å². The molecule has 0 amide bonds. The van der Waals surface area contributed by atoms with Crippen molar-refractivity contribution in [2.24, 2.45) is 7.05 Å². The number of halogens is 1. The van der Waals surface area contributed by atoms with Crippen LogP contribution in [0.15, 0.2) is 42.5 Å². The fourth-order valence-electron chi connectivity index (χ4n) is 2.75. The Kier molecular flexibility index (Phi) is 2.79. The number of hydrogen-bond donors (Lipinski definition) is 1. The molecule has 4 rings (SSSR count). The molecule has 1 unspecified atom stereocenters. The maximum Gasteiger partial charge on any atom is 0.173 e. The van der Waals surface area contributed by atoms with Crippen LogP contribution in [0.3, 0.4) is 0 Å². The van der Waals surface area contributed by atoms with Crippen molar-refractivity contribution in [2.75, 3.05) is 11.9 Å². The number of nitrogens with zero attached hydrogens (tertiary/aromatic N) is 2. The largest absolute Gasteiger partial charge is 0.477 e. The van der Waals surface area contributed by atoms with Crippen LogP contribution in [0.25, 0.3) is 11.0 Å². The molecule has 1 N–H and O–H groups in total. The summed E-state index contributed by atoms with van der Waals surface area (Å²) in [6.07, 6.45) is -0.158. The highest BCUT2D eigenvalue weighted by atomic mass is 35.5. The Morgan fingerprint density at radius 2 is 2.10 bits per heavy atom. The molecule has 3 aromatic rings. The van der Waals surface area contributed by atoms with Gasteiger partial charge in [0.15, 0.2) is 17.7 Å². The molecule has 106 valence electrons. The van der Waals surface area contributed by atoms with Crippen molar-refractivity contribution < 1.29 is 4.74 Å². The molecule has 1 atom stereocenters. The molecule has 0 spiro atoms. The summed E-state index contributed by atoms with van der Waals surface area (Å²) in [5, 5.41) is 3.98. The number of rotatable bonds is 1. The summed E-state index contributed by atoms with van der Waals surface area (Å²) < 4.78 is 8.15. The Morgan fingerprint density at radius 3 is 2.95 bits per heavy atom. The van der Waals surface area contributed by atoms with Gasteiger partial charge in [0.25, 0.3) is 0 Å². The molecule has 0 fully saturated rings. The van der Waals surface area contributed by atoms with Crippen LogP contribution >= 0.6 is 11.6 Å². The molecule has 5 heteroatoms. The number of anilines is 1. The number of imidazole rings is 1. The van der Waals surface area contributed by atoms with E-state index in [1.54, 1.807) is 0 Å². The molecule has 2 heterocycles. The molecule has 21 heavy (non-hydrogen) atoms. The number of para-hydroxylation sites is 3. The lowest BCUT2D eigenvalue weighted by Gasteiger charge is -2.27. The van der Waals surface area contributed by atoms with Gasteiger partial charge in [-0.25, -0.2) is 4.98 Å². The first-order chi connectivity index (χ1) is 10.2. The summed E-state index contributed by atoms with van der Waals surface area (Å²) >= 11 is 6.22. The van der Waals surface area contributed by atoms with Gasteiger partial charge < -0.3 is 14.6 Å². The van der Waals surface area contributed by atoms with Crippen LogP contribution in [0.1, 0.15) is 11.9 Å². The summed E-state index contributed by atoms with van der Waals surface area (Å²) in [6, 6.07) is 13.8. The van der Waals surface area contributed by atoms with Gasteiger partial charge in [-0.15, -0.1) is 0 Å². The smallest absolute Gasteiger partial charge is 0.173 e. The standard InChI is InChI=1S/C16H14ClN3O/c1-20-13-8-3-2-6-11(13)19-16(20)14-9-18-12-7-4-5-10(17)15(12)21-14/h2-8,14,18H,9H2,1H3. The third kappa shape index (κ3) is 1.94. The Bertz CT molecular complexity index is 828. The third-order valence-electron chi connectivity index (χ3n) is 3.81. The number of fused-ring (bicyclic) bond motifs is 2. The van der Waals surface area contributed by atoms with E-state index in [1.165, 1.54) is 0 Å². The Labute approximate surface area is 127 Å². The first kappa shape index (κ1) is 12.5. The molecular formula is C16H14ClN3O. The zero-order valence-electron chi connectivity index (χ0n) is 11.5. The molecule has 0 radical (unpaired) electrons. The highest BCUT2D eigenvalue weighted by Gasteiger charge is 2.26. The van der Waals surface area contributed by atoms with Gasteiger partial charge in [-0.1, -0.05) is 29.8 Å². The lowest BCUT2D eigenvalue weighted by atomic mass is 10.2. The highest BCUT2D eigenvalue weighted by molar-refractivity contribution is 6.32. The number of hydrogen-bond acceptors (Lipinski definition) is 3. The number of benzene rings is 2. The van der Waals surface area contributed by atoms with Crippen LogP contribution in [0.4, 0.5) is 5.69 Å². The molecule has 0 bridgehead atoms. The van der Waals surface area contributed by atoms with Crippen LogP contribution in [0, 0.1) is 0 Å². The van der Waals surface area contributed by atoms with Crippen LogP contribution in [-0.4, -0.2) is 16.1 Å². The molecule has 2 aromatic carbocycles. The Morgan fingerprint density at radius 1 is 1.24 bits per heavy atom. The van der Waals surface area contributed by atoms with Crippen molar-refractivity contribution in [1.82, 2.24) is 9.55 Å². The van der Waals surface area contributed by atoms with Crippen LogP contribution in [0.2, 0.25) is 5.02 Å². The van der Waals surface area contributed by atoms with Crippen molar-refractivity contribution in [2.45, 2.75) is 6.10 Å². The molecule has 0 saturated heterocycles. The lowest BCUT2D eigenvalue weighted by Crippen LogP contribution is -2.26. The van der Waals surface area contributed by atoms with Gasteiger partial charge in [0.1, 0.15) is 0 Å². The van der Waals surface area contributed by atoms with Gasteiger partial charge in [-0.05, 0) is 24.3 Å². The third-order valence-corrected chi connectivity index (χ3v) is 4.11. The quantitative estimate of drug-likeness (QED) is 0.743. The lowest BCUT2D eigenvalue weighted by molar-refractivity contribution is 0.197. The van der Waals surface area contributed by atoms with E-state index in [1.807, 2.05) is 43.4 Å². The Balaban J connectivity index is 1.77. The van der Waals surface area contributed by atoms with E-state index in [4.69, 9.17) is 21.3 Å². The van der Waals surface area contributed by atoms with Crippen LogP contribution in [-0.2, 0) is 7.05 Å². The molecule has 0 saturated carbocycles. The summed E-state index contributed by atoms with van der Waals surface area (Å²) in [7, 11) is 2.01. The van der Waals surface area contributed by atoms with E-state index >= 15 is 0 Å². The predicted octanol–water partition coefficient (Wildman–Crippen LogP) is 3.77. The van der Waals surface area contributed by atoms with E-state index in [9.17, 15) is 0 Å². The van der Waals surface area contributed by atoms with Crippen molar-refractivity contribution in [3.8, 4) is 5.75 Å². The minimum Gasteiger partial charge on any atom is -0.477 e. The van der Waals surface area contributed by atoms with E-state index in [0.29, 0.717) is 17.3 Å². The molecule has 4 nitrogen and oxygen atoms in total. The highest BCUT2D eigenvalue weighted by Crippen LogP contribution is 2.39. The van der Waals surface area contributed by atoms with Crippen LogP contribution in [0.5, 0.6) is 5.75 Å². The number of nitrogens with one attached hydrogen (secondary N) is 1. The van der Waals surface area contributed by atoms with E-state index in [-0.39, 0.29) is 6.10 Å². The van der Waals surface area contributed by atoms with Gasteiger partial charge in [0, 0.05) is 7.05 Å². The second kappa shape index (κ2) is 4.67. The first-order valence-corrected chi connectivity index (χ1v) is 7.22. The molecular weight excluding hydrogens is 286 g/mol. The normalized spacial score (nSPS) is 17.1. The average molecular weight is 300 g/mol. The van der Waals surface area contributed by atoms with Gasteiger partial charge in [0.05, 0.1) is 28.3 Å². The molecule has 1 aliphatic heterocycles. The summed E-state index contributed by atoms with van der Waals surface area (Å²) in [5.74, 6) is 1.59. The first-order valence-electron chi connectivity index (χ1n) is 6.84. The van der Waals surface area contributed by atoms with E-state index < -0.39 is 0 Å². The minimum absolute atomic E-state index is 0.158. The predicted molar refractivity (Wildman–Crippen MR) is 84.0 cm³/mol. The second-order valence-corrected chi connectivity index (χ2v) is 5.53. The number of ether oxygens (including phenoxy) is 1.